The summed E-state index contributed by atoms with van der Waals surface area (Å²) in [7, 11) is 4.21. The number of piperidine rings is 1. The first-order valence-electron chi connectivity index (χ1n) is 6.64. The van der Waals surface area contributed by atoms with Crippen LogP contribution in [0.4, 0.5) is 0 Å². The number of nitrogens with zero attached hydrogens (tertiary/aromatic N) is 2. The minimum absolute atomic E-state index is 0.214. The molecule has 0 N–H and O–H groups in total. The Balaban J connectivity index is 1.91. The minimum atomic E-state index is 0.214. The van der Waals surface area contributed by atoms with Gasteiger partial charge in [0.05, 0.1) is 6.54 Å². The molecule has 0 amide bonds. The Bertz CT molecular complexity index is 391. The maximum absolute atomic E-state index is 12.1. The van der Waals surface area contributed by atoms with Crippen LogP contribution in [0.1, 0.15) is 23.2 Å². The van der Waals surface area contributed by atoms with E-state index in [0.29, 0.717) is 12.6 Å². The van der Waals surface area contributed by atoms with Gasteiger partial charge >= 0.3 is 0 Å². The number of likely N-dealkylation sites (tertiary alicyclic amines) is 1. The van der Waals surface area contributed by atoms with E-state index in [9.17, 15) is 4.79 Å². The molecule has 1 aliphatic rings. The summed E-state index contributed by atoms with van der Waals surface area (Å²) < 4.78 is 0. The molecule has 18 heavy (non-hydrogen) atoms. The summed E-state index contributed by atoms with van der Waals surface area (Å²) >= 11 is 0. The Morgan fingerprint density at radius 2 is 2.11 bits per heavy atom. The third kappa shape index (κ3) is 3.40. The first kappa shape index (κ1) is 13.2. The fourth-order valence-electron chi connectivity index (χ4n) is 2.57. The van der Waals surface area contributed by atoms with Crippen molar-refractivity contribution < 1.29 is 4.79 Å². The average Bonchev–Trinajstić information content (AvgIpc) is 2.39. The topological polar surface area (TPSA) is 23.6 Å². The van der Waals surface area contributed by atoms with Crippen molar-refractivity contribution in [1.29, 1.82) is 0 Å². The van der Waals surface area contributed by atoms with Gasteiger partial charge in [-0.25, -0.2) is 0 Å². The van der Waals surface area contributed by atoms with E-state index in [2.05, 4.69) is 23.9 Å². The number of hydrogen-bond donors (Lipinski definition) is 0. The molecule has 0 aliphatic carbocycles. The lowest BCUT2D eigenvalue weighted by atomic mass is 10.0. The fraction of sp³-hybridized carbons (Fsp3) is 0.533. The molecule has 1 aromatic rings. The zero-order valence-electron chi connectivity index (χ0n) is 11.3. The van der Waals surface area contributed by atoms with Crippen molar-refractivity contribution in [3.05, 3.63) is 35.9 Å². The molecule has 1 fully saturated rings. The van der Waals surface area contributed by atoms with Gasteiger partial charge in [0.1, 0.15) is 0 Å². The first-order chi connectivity index (χ1) is 8.66. The van der Waals surface area contributed by atoms with E-state index >= 15 is 0 Å². The summed E-state index contributed by atoms with van der Waals surface area (Å²) in [6.45, 7) is 2.76. The van der Waals surface area contributed by atoms with Crippen molar-refractivity contribution in [3.8, 4) is 0 Å². The van der Waals surface area contributed by atoms with E-state index in [0.717, 1.165) is 12.1 Å². The van der Waals surface area contributed by atoms with Gasteiger partial charge in [-0.15, -0.1) is 0 Å². The van der Waals surface area contributed by atoms with Gasteiger partial charge in [-0.05, 0) is 33.5 Å². The molecule has 1 aliphatic heterocycles. The summed E-state index contributed by atoms with van der Waals surface area (Å²) in [6, 6.07) is 10.1. The van der Waals surface area contributed by atoms with Crippen LogP contribution in [0.15, 0.2) is 30.3 Å². The van der Waals surface area contributed by atoms with E-state index < -0.39 is 0 Å². The van der Waals surface area contributed by atoms with Crippen molar-refractivity contribution in [3.63, 3.8) is 0 Å². The Morgan fingerprint density at radius 3 is 2.78 bits per heavy atom. The number of benzene rings is 1. The van der Waals surface area contributed by atoms with E-state index in [4.69, 9.17) is 0 Å². The van der Waals surface area contributed by atoms with Crippen LogP contribution in [-0.4, -0.2) is 55.4 Å². The summed E-state index contributed by atoms with van der Waals surface area (Å²) in [5, 5.41) is 0. The van der Waals surface area contributed by atoms with Crippen LogP contribution in [0.3, 0.4) is 0 Å². The quantitative estimate of drug-likeness (QED) is 0.758. The minimum Gasteiger partial charge on any atom is -0.305 e. The molecule has 1 atom stereocenters. The number of carbonyl (C=O) groups excluding carboxylic acids is 1. The lowest BCUT2D eigenvalue weighted by Crippen LogP contribution is -2.46. The van der Waals surface area contributed by atoms with Crippen molar-refractivity contribution in [2.24, 2.45) is 0 Å². The zero-order chi connectivity index (χ0) is 13.0. The van der Waals surface area contributed by atoms with Gasteiger partial charge in [0.15, 0.2) is 5.78 Å². The molecule has 2 rings (SSSR count). The molecule has 0 radical (unpaired) electrons. The Morgan fingerprint density at radius 1 is 1.39 bits per heavy atom. The molecular weight excluding hydrogens is 224 g/mol. The fourth-order valence-corrected chi connectivity index (χ4v) is 2.57. The van der Waals surface area contributed by atoms with Crippen LogP contribution < -0.4 is 0 Å². The normalized spacial score (nSPS) is 21.2. The highest BCUT2D eigenvalue weighted by Crippen LogP contribution is 2.14. The van der Waals surface area contributed by atoms with Gasteiger partial charge in [-0.1, -0.05) is 30.3 Å². The number of hydrogen-bond acceptors (Lipinski definition) is 3. The highest BCUT2D eigenvalue weighted by molar-refractivity contribution is 5.97. The smallest absolute Gasteiger partial charge is 0.176 e. The molecule has 3 nitrogen and oxygen atoms in total. The second-order valence-corrected chi connectivity index (χ2v) is 5.26. The van der Waals surface area contributed by atoms with Gasteiger partial charge in [-0.2, -0.15) is 0 Å². The molecule has 1 heterocycles. The summed E-state index contributed by atoms with van der Waals surface area (Å²) in [4.78, 5) is 16.7. The number of Topliss-reactive ketones (excluding diaryl/α,β-unsaturated/α-hetero) is 1. The second-order valence-electron chi connectivity index (χ2n) is 5.26. The predicted octanol–water partition coefficient (Wildman–Crippen LogP) is 1.90. The van der Waals surface area contributed by atoms with Crippen molar-refractivity contribution in [2.45, 2.75) is 18.9 Å². The highest BCUT2D eigenvalue weighted by Gasteiger charge is 2.22. The van der Waals surface area contributed by atoms with Gasteiger partial charge in [-0.3, -0.25) is 9.69 Å². The Hall–Kier alpha value is -1.19. The van der Waals surface area contributed by atoms with E-state index in [-0.39, 0.29) is 5.78 Å². The van der Waals surface area contributed by atoms with Gasteiger partial charge in [0.2, 0.25) is 0 Å². The number of likely N-dealkylation sites (N-methyl/N-ethyl adjacent to an activating group) is 2. The lowest BCUT2D eigenvalue weighted by molar-refractivity contribution is 0.0857. The predicted molar refractivity (Wildman–Crippen MR) is 73.9 cm³/mol. The van der Waals surface area contributed by atoms with Gasteiger partial charge in [0, 0.05) is 18.2 Å². The van der Waals surface area contributed by atoms with Crippen LogP contribution in [-0.2, 0) is 0 Å². The molecule has 1 aromatic carbocycles. The summed E-state index contributed by atoms with van der Waals surface area (Å²) in [6.07, 6.45) is 2.42. The van der Waals surface area contributed by atoms with Crippen LogP contribution in [0.25, 0.3) is 0 Å². The number of rotatable bonds is 4. The third-order valence-corrected chi connectivity index (χ3v) is 3.71. The molecule has 0 spiro atoms. The molecule has 1 saturated heterocycles. The largest absolute Gasteiger partial charge is 0.305 e. The Labute approximate surface area is 109 Å². The molecule has 98 valence electrons. The Kier molecular flexibility index (Phi) is 4.50. The number of ketones is 1. The summed E-state index contributed by atoms with van der Waals surface area (Å²) in [5.41, 5.74) is 0.813. The molecular formula is C15H22N2O. The molecule has 3 heteroatoms. The monoisotopic (exact) mass is 246 g/mol. The van der Waals surface area contributed by atoms with Crippen LogP contribution in [0, 0.1) is 0 Å². The van der Waals surface area contributed by atoms with Crippen LogP contribution in [0.2, 0.25) is 0 Å². The zero-order valence-corrected chi connectivity index (χ0v) is 11.3. The van der Waals surface area contributed by atoms with Crippen LogP contribution in [0.5, 0.6) is 0 Å². The molecule has 0 saturated carbocycles. The first-order valence-corrected chi connectivity index (χ1v) is 6.64. The maximum atomic E-state index is 12.1. The van der Waals surface area contributed by atoms with Crippen molar-refractivity contribution in [1.82, 2.24) is 9.80 Å². The maximum Gasteiger partial charge on any atom is 0.176 e. The van der Waals surface area contributed by atoms with Gasteiger partial charge < -0.3 is 4.90 Å². The molecule has 1 unspecified atom stereocenters. The average molecular weight is 246 g/mol. The van der Waals surface area contributed by atoms with E-state index in [1.54, 1.807) is 0 Å². The standard InChI is InChI=1S/C15H22N2O/c1-16-10-6-9-14(11-16)17(2)12-15(18)13-7-4-3-5-8-13/h3-5,7-8,14H,6,9-12H2,1-2H3. The lowest BCUT2D eigenvalue weighted by Gasteiger charge is -2.35. The van der Waals surface area contributed by atoms with E-state index in [1.807, 2.05) is 30.3 Å². The summed E-state index contributed by atoms with van der Waals surface area (Å²) in [5.74, 6) is 0.214. The SMILES string of the molecule is CN1CCCC(N(C)CC(=O)c2ccccc2)C1. The van der Waals surface area contributed by atoms with E-state index in [1.165, 1.54) is 19.4 Å². The second kappa shape index (κ2) is 6.12. The van der Waals surface area contributed by atoms with Gasteiger partial charge in [0.25, 0.3) is 0 Å². The van der Waals surface area contributed by atoms with Crippen molar-refractivity contribution >= 4 is 5.78 Å². The van der Waals surface area contributed by atoms with Crippen LogP contribution >= 0.6 is 0 Å². The molecule has 0 bridgehead atoms. The van der Waals surface area contributed by atoms with Crippen molar-refractivity contribution in [2.75, 3.05) is 33.7 Å². The molecule has 0 aromatic heterocycles. The third-order valence-electron chi connectivity index (χ3n) is 3.71. The highest BCUT2D eigenvalue weighted by atomic mass is 16.1. The number of carbonyl (C=O) groups is 1.